The van der Waals surface area contributed by atoms with E-state index in [-0.39, 0.29) is 5.91 Å². The first kappa shape index (κ1) is 15.4. The molecule has 0 atom stereocenters. The zero-order valence-corrected chi connectivity index (χ0v) is 13.4. The van der Waals surface area contributed by atoms with Crippen molar-refractivity contribution in [3.8, 4) is 0 Å². The maximum atomic E-state index is 12.1. The van der Waals surface area contributed by atoms with Crippen molar-refractivity contribution in [3.63, 3.8) is 0 Å². The Kier molecular flexibility index (Phi) is 4.47. The summed E-state index contributed by atoms with van der Waals surface area (Å²) in [6.45, 7) is 5.83. The third-order valence-corrected chi connectivity index (χ3v) is 3.85. The van der Waals surface area contributed by atoms with Crippen LogP contribution >= 0.6 is 0 Å². The van der Waals surface area contributed by atoms with Crippen LogP contribution in [0.5, 0.6) is 0 Å². The Morgan fingerprint density at radius 3 is 2.43 bits per heavy atom. The molecule has 1 aliphatic heterocycles. The zero-order chi connectivity index (χ0) is 16.2. The molecule has 2 aromatic heterocycles. The molecular weight excluding hydrogens is 292 g/mol. The number of nitrogens with one attached hydrogen (secondary N) is 1. The number of carbonyl (C=O) groups excluding carboxylic acids is 1. The summed E-state index contributed by atoms with van der Waals surface area (Å²) >= 11 is 0. The van der Waals surface area contributed by atoms with Gasteiger partial charge in [-0.3, -0.25) is 9.78 Å². The molecule has 1 saturated heterocycles. The summed E-state index contributed by atoms with van der Waals surface area (Å²) in [5.41, 5.74) is 1.72. The van der Waals surface area contributed by atoms with Crippen molar-refractivity contribution >= 4 is 17.4 Å². The van der Waals surface area contributed by atoms with Gasteiger partial charge in [-0.05, 0) is 26.1 Å². The van der Waals surface area contributed by atoms with Gasteiger partial charge in [0.2, 0.25) is 0 Å². The molecule has 120 valence electrons. The van der Waals surface area contributed by atoms with Gasteiger partial charge in [-0.15, -0.1) is 0 Å². The third kappa shape index (κ3) is 3.81. The van der Waals surface area contributed by atoms with Gasteiger partial charge in [-0.25, -0.2) is 9.97 Å². The maximum Gasteiger partial charge on any atom is 0.275 e. The minimum Gasteiger partial charge on any atom is -0.354 e. The van der Waals surface area contributed by atoms with Gasteiger partial charge in [0.25, 0.3) is 5.91 Å². The first-order valence-corrected chi connectivity index (χ1v) is 7.61. The Hall–Kier alpha value is -2.54. The van der Waals surface area contributed by atoms with E-state index in [4.69, 9.17) is 0 Å². The van der Waals surface area contributed by atoms with Crippen LogP contribution in [0.1, 0.15) is 16.2 Å². The largest absolute Gasteiger partial charge is 0.354 e. The average molecular weight is 312 g/mol. The molecule has 0 unspecified atom stereocenters. The number of anilines is 2. The molecule has 0 saturated carbocycles. The Morgan fingerprint density at radius 2 is 1.83 bits per heavy atom. The second-order valence-electron chi connectivity index (χ2n) is 5.69. The highest BCUT2D eigenvalue weighted by atomic mass is 16.1. The summed E-state index contributed by atoms with van der Waals surface area (Å²) < 4.78 is 0. The van der Waals surface area contributed by atoms with E-state index in [1.807, 2.05) is 19.1 Å². The van der Waals surface area contributed by atoms with E-state index in [1.165, 1.54) is 6.20 Å². The van der Waals surface area contributed by atoms with E-state index in [9.17, 15) is 4.79 Å². The number of likely N-dealkylation sites (N-methyl/N-ethyl adjacent to an activating group) is 1. The number of aromatic nitrogens is 3. The molecule has 2 aromatic rings. The van der Waals surface area contributed by atoms with Gasteiger partial charge in [-0.1, -0.05) is 0 Å². The molecule has 0 spiro atoms. The lowest BCUT2D eigenvalue weighted by Gasteiger charge is -2.33. The Balaban J connectivity index is 1.63. The molecule has 1 fully saturated rings. The van der Waals surface area contributed by atoms with Crippen LogP contribution < -0.4 is 10.2 Å². The number of piperazine rings is 1. The van der Waals surface area contributed by atoms with E-state index < -0.39 is 0 Å². The van der Waals surface area contributed by atoms with E-state index in [0.717, 1.165) is 37.7 Å². The van der Waals surface area contributed by atoms with Crippen molar-refractivity contribution in [2.45, 2.75) is 6.92 Å². The van der Waals surface area contributed by atoms with Crippen molar-refractivity contribution in [2.24, 2.45) is 0 Å². The first-order valence-electron chi connectivity index (χ1n) is 7.61. The van der Waals surface area contributed by atoms with Gasteiger partial charge in [0.05, 0.1) is 23.8 Å². The molecule has 0 aliphatic carbocycles. The molecule has 0 bridgehead atoms. The van der Waals surface area contributed by atoms with Gasteiger partial charge in [0.15, 0.2) is 0 Å². The van der Waals surface area contributed by atoms with Gasteiger partial charge < -0.3 is 15.1 Å². The van der Waals surface area contributed by atoms with E-state index >= 15 is 0 Å². The van der Waals surface area contributed by atoms with Crippen LogP contribution in [0.15, 0.2) is 30.7 Å². The fraction of sp³-hybridized carbons (Fsp3) is 0.375. The highest BCUT2D eigenvalue weighted by molar-refractivity contribution is 6.02. The van der Waals surface area contributed by atoms with Crippen molar-refractivity contribution in [1.29, 1.82) is 0 Å². The average Bonchev–Trinajstić information content (AvgIpc) is 2.57. The molecule has 7 heteroatoms. The molecule has 3 rings (SSSR count). The Morgan fingerprint density at radius 1 is 1.04 bits per heavy atom. The summed E-state index contributed by atoms with van der Waals surface area (Å²) in [6.07, 6.45) is 4.72. The van der Waals surface area contributed by atoms with Crippen molar-refractivity contribution in [3.05, 3.63) is 42.1 Å². The number of amides is 1. The lowest BCUT2D eigenvalue weighted by atomic mass is 10.3. The molecule has 23 heavy (non-hydrogen) atoms. The maximum absolute atomic E-state index is 12.1. The molecule has 0 radical (unpaired) electrons. The van der Waals surface area contributed by atoms with Gasteiger partial charge in [0, 0.05) is 32.4 Å². The van der Waals surface area contributed by atoms with Gasteiger partial charge >= 0.3 is 0 Å². The van der Waals surface area contributed by atoms with Crippen LogP contribution in [0.4, 0.5) is 11.5 Å². The fourth-order valence-corrected chi connectivity index (χ4v) is 2.39. The number of rotatable bonds is 3. The molecule has 1 N–H and O–H groups in total. The monoisotopic (exact) mass is 312 g/mol. The molecule has 1 amide bonds. The molecule has 7 nitrogen and oxygen atoms in total. The summed E-state index contributed by atoms with van der Waals surface area (Å²) in [6, 6.07) is 3.79. The zero-order valence-electron chi connectivity index (χ0n) is 13.4. The quantitative estimate of drug-likeness (QED) is 0.917. The molecule has 3 heterocycles. The fourth-order valence-electron chi connectivity index (χ4n) is 2.39. The van der Waals surface area contributed by atoms with E-state index in [0.29, 0.717) is 11.4 Å². The number of hydrogen-bond acceptors (Lipinski definition) is 6. The van der Waals surface area contributed by atoms with Crippen LogP contribution in [0.2, 0.25) is 0 Å². The number of carbonyl (C=O) groups is 1. The summed E-state index contributed by atoms with van der Waals surface area (Å²) in [7, 11) is 2.12. The minimum absolute atomic E-state index is 0.286. The van der Waals surface area contributed by atoms with Crippen LogP contribution in [-0.4, -0.2) is 59.0 Å². The highest BCUT2D eigenvalue weighted by Crippen LogP contribution is 2.16. The van der Waals surface area contributed by atoms with Gasteiger partial charge in [0.1, 0.15) is 11.5 Å². The van der Waals surface area contributed by atoms with Crippen LogP contribution in [0, 0.1) is 6.92 Å². The second-order valence-corrected chi connectivity index (χ2v) is 5.69. The predicted octanol–water partition coefficient (Wildman–Crippen LogP) is 1.18. The smallest absolute Gasteiger partial charge is 0.275 e. The SMILES string of the molecule is Cc1cnc(C(=O)Nc2ccc(N3CCN(C)CC3)nc2)cn1. The third-order valence-electron chi connectivity index (χ3n) is 3.85. The number of aryl methyl sites for hydroxylation is 1. The molecule has 0 aromatic carbocycles. The Bertz CT molecular complexity index is 662. The van der Waals surface area contributed by atoms with Crippen LogP contribution in [-0.2, 0) is 0 Å². The highest BCUT2D eigenvalue weighted by Gasteiger charge is 2.15. The van der Waals surface area contributed by atoms with Gasteiger partial charge in [-0.2, -0.15) is 0 Å². The van der Waals surface area contributed by atoms with Crippen LogP contribution in [0.25, 0.3) is 0 Å². The minimum atomic E-state index is -0.286. The van der Waals surface area contributed by atoms with E-state index in [2.05, 4.69) is 37.1 Å². The summed E-state index contributed by atoms with van der Waals surface area (Å²) in [4.78, 5) is 29.2. The predicted molar refractivity (Wildman–Crippen MR) is 88.7 cm³/mol. The lowest BCUT2D eigenvalue weighted by Crippen LogP contribution is -2.44. The summed E-state index contributed by atoms with van der Waals surface area (Å²) in [5, 5.41) is 2.78. The van der Waals surface area contributed by atoms with Crippen molar-refractivity contribution in [1.82, 2.24) is 19.9 Å². The van der Waals surface area contributed by atoms with Crippen LogP contribution in [0.3, 0.4) is 0 Å². The second kappa shape index (κ2) is 6.70. The van der Waals surface area contributed by atoms with E-state index in [1.54, 1.807) is 12.4 Å². The number of hydrogen-bond donors (Lipinski definition) is 1. The first-order chi connectivity index (χ1) is 11.1. The van der Waals surface area contributed by atoms with Crippen molar-refractivity contribution in [2.75, 3.05) is 43.4 Å². The number of nitrogens with zero attached hydrogens (tertiary/aromatic N) is 5. The normalized spacial score (nSPS) is 15.5. The summed E-state index contributed by atoms with van der Waals surface area (Å²) in [5.74, 6) is 0.651. The molecular formula is C16H20N6O. The standard InChI is InChI=1S/C16H20N6O/c1-12-9-18-14(11-17-12)16(23)20-13-3-4-15(19-10-13)22-7-5-21(2)6-8-22/h3-4,9-11H,5-8H2,1-2H3,(H,20,23). The number of pyridine rings is 1. The molecule has 1 aliphatic rings. The van der Waals surface area contributed by atoms with Crippen molar-refractivity contribution < 1.29 is 4.79 Å². The Labute approximate surface area is 135 Å². The topological polar surface area (TPSA) is 74.2 Å². The lowest BCUT2D eigenvalue weighted by molar-refractivity contribution is 0.102.